The molecule has 18 heavy (non-hydrogen) atoms. The fraction of sp³-hybridized carbons (Fsp3) is 0.500. The molecule has 0 spiro atoms. The number of unbranched alkanes of at least 4 members (excludes halogenated alkanes) is 1. The number of nitrogens with one attached hydrogen (secondary N) is 1. The van der Waals surface area contributed by atoms with Crippen LogP contribution >= 0.6 is 0 Å². The number of carbonyl (C=O) groups excluding carboxylic acids is 1. The van der Waals surface area contributed by atoms with Gasteiger partial charge in [0.2, 0.25) is 0 Å². The summed E-state index contributed by atoms with van der Waals surface area (Å²) >= 11 is 0. The van der Waals surface area contributed by atoms with E-state index in [-0.39, 0.29) is 13.0 Å². The van der Waals surface area contributed by atoms with E-state index in [2.05, 4.69) is 5.32 Å². The summed E-state index contributed by atoms with van der Waals surface area (Å²) in [4.78, 5) is 22.3. The van der Waals surface area contributed by atoms with Gasteiger partial charge in [-0.25, -0.2) is 9.59 Å². The van der Waals surface area contributed by atoms with Crippen molar-refractivity contribution >= 4 is 12.1 Å². The minimum absolute atomic E-state index is 0.0885. The normalized spacial score (nSPS) is 11.8. The van der Waals surface area contributed by atoms with Crippen molar-refractivity contribution in [2.45, 2.75) is 32.2 Å². The molecule has 0 aliphatic rings. The summed E-state index contributed by atoms with van der Waals surface area (Å²) in [7, 11) is 0. The second-order valence-electron chi connectivity index (χ2n) is 3.81. The highest BCUT2D eigenvalue weighted by Gasteiger charge is 2.22. The molecule has 0 aliphatic heterocycles. The maximum atomic E-state index is 11.3. The number of amides is 1. The van der Waals surface area contributed by atoms with Gasteiger partial charge in [0.15, 0.2) is 0 Å². The summed E-state index contributed by atoms with van der Waals surface area (Å²) < 4.78 is 9.88. The molecule has 1 aromatic rings. The minimum atomic E-state index is -1.13. The first-order valence-corrected chi connectivity index (χ1v) is 5.82. The SMILES string of the molecule is CCCCOC(=O)N[C@@H](Cc1ccco1)C(=O)O. The van der Waals surface area contributed by atoms with Crippen molar-refractivity contribution in [1.29, 1.82) is 0 Å². The zero-order valence-corrected chi connectivity index (χ0v) is 10.2. The van der Waals surface area contributed by atoms with Crippen LogP contribution in [0.15, 0.2) is 22.8 Å². The lowest BCUT2D eigenvalue weighted by Gasteiger charge is -2.13. The number of rotatable bonds is 7. The Hall–Kier alpha value is -1.98. The average Bonchev–Trinajstić information content (AvgIpc) is 2.81. The van der Waals surface area contributed by atoms with Gasteiger partial charge in [0, 0.05) is 6.42 Å². The van der Waals surface area contributed by atoms with Crippen molar-refractivity contribution in [3.05, 3.63) is 24.2 Å². The Morgan fingerprint density at radius 2 is 2.33 bits per heavy atom. The molecule has 0 saturated carbocycles. The standard InChI is InChI=1S/C12H17NO5/c1-2-3-6-18-12(16)13-10(11(14)15)8-9-5-4-7-17-9/h4-5,7,10H,2-3,6,8H2,1H3,(H,13,16)(H,14,15)/t10-/m0/s1. The first-order chi connectivity index (χ1) is 8.63. The van der Waals surface area contributed by atoms with Gasteiger partial charge >= 0.3 is 12.1 Å². The lowest BCUT2D eigenvalue weighted by Crippen LogP contribution is -2.42. The first kappa shape index (κ1) is 14.1. The number of alkyl carbamates (subject to hydrolysis) is 1. The molecule has 0 fully saturated rings. The molecule has 0 aromatic carbocycles. The van der Waals surface area contributed by atoms with Crippen molar-refractivity contribution < 1.29 is 23.8 Å². The Bertz CT molecular complexity index is 374. The lowest BCUT2D eigenvalue weighted by atomic mass is 10.2. The summed E-state index contributed by atoms with van der Waals surface area (Å²) in [6, 6.07) is 2.26. The number of carboxylic acid groups (broad SMARTS) is 1. The van der Waals surface area contributed by atoms with Gasteiger partial charge < -0.3 is 19.6 Å². The molecule has 6 nitrogen and oxygen atoms in total. The fourth-order valence-corrected chi connectivity index (χ4v) is 1.32. The maximum Gasteiger partial charge on any atom is 0.407 e. The Morgan fingerprint density at radius 3 is 2.89 bits per heavy atom. The molecule has 2 N–H and O–H groups in total. The quantitative estimate of drug-likeness (QED) is 0.725. The summed E-state index contributed by atoms with van der Waals surface area (Å²) in [5.74, 6) is -0.630. The zero-order chi connectivity index (χ0) is 13.4. The van der Waals surface area contributed by atoms with Crippen LogP contribution < -0.4 is 5.32 Å². The fourth-order valence-electron chi connectivity index (χ4n) is 1.32. The molecule has 1 heterocycles. The molecular formula is C12H17NO5. The number of carboxylic acids is 1. The van der Waals surface area contributed by atoms with E-state index in [1.54, 1.807) is 12.1 Å². The van der Waals surface area contributed by atoms with Gasteiger partial charge in [-0.15, -0.1) is 0 Å². The number of carbonyl (C=O) groups is 2. The minimum Gasteiger partial charge on any atom is -0.480 e. The average molecular weight is 255 g/mol. The van der Waals surface area contributed by atoms with Crippen molar-refractivity contribution in [3.63, 3.8) is 0 Å². The molecule has 1 rings (SSSR count). The largest absolute Gasteiger partial charge is 0.480 e. The first-order valence-electron chi connectivity index (χ1n) is 5.82. The van der Waals surface area contributed by atoms with E-state index in [1.807, 2.05) is 6.92 Å². The van der Waals surface area contributed by atoms with E-state index in [0.29, 0.717) is 5.76 Å². The highest BCUT2D eigenvalue weighted by Crippen LogP contribution is 2.04. The molecule has 0 bridgehead atoms. The van der Waals surface area contributed by atoms with Crippen LogP contribution in [0.5, 0.6) is 0 Å². The monoisotopic (exact) mass is 255 g/mol. The maximum absolute atomic E-state index is 11.3. The van der Waals surface area contributed by atoms with E-state index < -0.39 is 18.1 Å². The number of hydrogen-bond acceptors (Lipinski definition) is 4. The number of hydrogen-bond donors (Lipinski definition) is 2. The molecule has 1 aromatic heterocycles. The van der Waals surface area contributed by atoms with Crippen LogP contribution in [0.25, 0.3) is 0 Å². The van der Waals surface area contributed by atoms with E-state index in [4.69, 9.17) is 14.3 Å². The Kier molecular flexibility index (Phi) is 5.76. The van der Waals surface area contributed by atoms with Crippen LogP contribution in [-0.2, 0) is 16.0 Å². The molecule has 100 valence electrons. The van der Waals surface area contributed by atoms with Gasteiger partial charge in [0.05, 0.1) is 12.9 Å². The van der Waals surface area contributed by atoms with Gasteiger partial charge in [-0.05, 0) is 18.6 Å². The molecular weight excluding hydrogens is 238 g/mol. The van der Waals surface area contributed by atoms with Crippen LogP contribution in [-0.4, -0.2) is 29.8 Å². The molecule has 0 saturated heterocycles. The molecule has 6 heteroatoms. The smallest absolute Gasteiger partial charge is 0.407 e. The van der Waals surface area contributed by atoms with Gasteiger partial charge in [-0.2, -0.15) is 0 Å². The highest BCUT2D eigenvalue weighted by atomic mass is 16.5. The second kappa shape index (κ2) is 7.37. The van der Waals surface area contributed by atoms with Crippen LogP contribution in [0.1, 0.15) is 25.5 Å². The Labute approximate surface area is 105 Å². The van der Waals surface area contributed by atoms with E-state index in [1.165, 1.54) is 6.26 Å². The third kappa shape index (κ3) is 4.90. The third-order valence-electron chi connectivity index (χ3n) is 2.31. The molecule has 0 radical (unpaired) electrons. The summed E-state index contributed by atoms with van der Waals surface area (Å²) in [5.41, 5.74) is 0. The Morgan fingerprint density at radius 1 is 1.56 bits per heavy atom. The predicted octanol–water partition coefficient (Wildman–Crippen LogP) is 1.80. The van der Waals surface area contributed by atoms with Gasteiger partial charge in [-0.3, -0.25) is 0 Å². The van der Waals surface area contributed by atoms with E-state index >= 15 is 0 Å². The van der Waals surface area contributed by atoms with Crippen LogP contribution in [0.4, 0.5) is 4.79 Å². The highest BCUT2D eigenvalue weighted by molar-refractivity contribution is 5.80. The van der Waals surface area contributed by atoms with Gasteiger partial charge in [0.1, 0.15) is 11.8 Å². The number of ether oxygens (including phenoxy) is 1. The number of furan rings is 1. The van der Waals surface area contributed by atoms with Crippen molar-refractivity contribution in [2.24, 2.45) is 0 Å². The Balaban J connectivity index is 2.42. The molecule has 1 amide bonds. The number of aliphatic carboxylic acids is 1. The third-order valence-corrected chi connectivity index (χ3v) is 2.31. The summed E-state index contributed by atoms with van der Waals surface area (Å²) in [6.07, 6.45) is 2.48. The van der Waals surface area contributed by atoms with E-state index in [9.17, 15) is 9.59 Å². The van der Waals surface area contributed by atoms with E-state index in [0.717, 1.165) is 12.8 Å². The van der Waals surface area contributed by atoms with Crippen molar-refractivity contribution in [2.75, 3.05) is 6.61 Å². The predicted molar refractivity (Wildman–Crippen MR) is 63.2 cm³/mol. The molecule has 1 atom stereocenters. The molecule has 0 aliphatic carbocycles. The van der Waals surface area contributed by atoms with Gasteiger partial charge in [-0.1, -0.05) is 13.3 Å². The van der Waals surface area contributed by atoms with Crippen LogP contribution in [0, 0.1) is 0 Å². The van der Waals surface area contributed by atoms with Crippen molar-refractivity contribution in [3.8, 4) is 0 Å². The second-order valence-corrected chi connectivity index (χ2v) is 3.81. The molecule has 0 unspecified atom stereocenters. The summed E-state index contributed by atoms with van der Waals surface area (Å²) in [6.45, 7) is 2.26. The zero-order valence-electron chi connectivity index (χ0n) is 10.2. The lowest BCUT2D eigenvalue weighted by molar-refractivity contribution is -0.139. The van der Waals surface area contributed by atoms with Crippen molar-refractivity contribution in [1.82, 2.24) is 5.32 Å². The topological polar surface area (TPSA) is 88.8 Å². The summed E-state index contributed by atoms with van der Waals surface area (Å²) in [5, 5.41) is 11.3. The van der Waals surface area contributed by atoms with Crippen LogP contribution in [0.2, 0.25) is 0 Å². The van der Waals surface area contributed by atoms with Gasteiger partial charge in [0.25, 0.3) is 0 Å². The van der Waals surface area contributed by atoms with Crippen LogP contribution in [0.3, 0.4) is 0 Å².